The van der Waals surface area contributed by atoms with Crippen LogP contribution in [0.3, 0.4) is 0 Å². The topological polar surface area (TPSA) is 63.0 Å². The van der Waals surface area contributed by atoms with Gasteiger partial charge in [-0.3, -0.25) is 4.99 Å². The van der Waals surface area contributed by atoms with Crippen LogP contribution in [0.4, 0.5) is 0 Å². The Morgan fingerprint density at radius 2 is 1.01 bits per heavy atom. The summed E-state index contributed by atoms with van der Waals surface area (Å²) >= 11 is 0. The van der Waals surface area contributed by atoms with Crippen molar-refractivity contribution in [2.45, 2.75) is 46.1 Å². The molecule has 2 atom stereocenters. The molecule has 0 aliphatic carbocycles. The van der Waals surface area contributed by atoms with Crippen molar-refractivity contribution in [3.8, 4) is 22.3 Å². The SMILES string of the molecule is CC(=N/C(=C\C(C)c1ccccc1)c1cccc(-c2ccc3c(c2)oc2c3ccc3c4ccc(-c5cccc(C6C=C(c7ccccc7)N=C(c7ccccc7)N6)c5)cc4oc32)c1)c1ccccc1.CCC. The van der Waals surface area contributed by atoms with E-state index in [-0.39, 0.29) is 12.0 Å². The number of furan rings is 2. The third-order valence-corrected chi connectivity index (χ3v) is 13.3. The van der Waals surface area contributed by atoms with Gasteiger partial charge in [-0.05, 0) is 106 Å². The summed E-state index contributed by atoms with van der Waals surface area (Å²) in [5.74, 6) is 1.02. The Hall–Kier alpha value is -8.80. The van der Waals surface area contributed by atoms with Crippen LogP contribution in [0.5, 0.6) is 0 Å². The van der Waals surface area contributed by atoms with Crippen LogP contribution in [0.2, 0.25) is 0 Å². The van der Waals surface area contributed by atoms with Crippen molar-refractivity contribution in [1.29, 1.82) is 0 Å². The number of nitrogens with zero attached hydrogens (tertiary/aromatic N) is 2. The van der Waals surface area contributed by atoms with Crippen molar-refractivity contribution < 1.29 is 8.83 Å². The zero-order chi connectivity index (χ0) is 49.0. The van der Waals surface area contributed by atoms with Crippen molar-refractivity contribution in [2.75, 3.05) is 0 Å². The Balaban J connectivity index is 0.00000182. The van der Waals surface area contributed by atoms with Crippen molar-refractivity contribution in [2.24, 2.45) is 9.98 Å². The Bertz CT molecular complexity index is 3840. The summed E-state index contributed by atoms with van der Waals surface area (Å²) in [4.78, 5) is 10.3. The van der Waals surface area contributed by atoms with Gasteiger partial charge in [0, 0.05) is 44.3 Å². The van der Waals surface area contributed by atoms with Gasteiger partial charge in [0.1, 0.15) is 17.0 Å². The maximum Gasteiger partial charge on any atom is 0.178 e. The summed E-state index contributed by atoms with van der Waals surface area (Å²) in [6, 6.07) is 76.3. The lowest BCUT2D eigenvalue weighted by Gasteiger charge is -2.25. The first-order chi connectivity index (χ1) is 35.4. The van der Waals surface area contributed by atoms with Gasteiger partial charge in [-0.2, -0.15) is 0 Å². The first-order valence-corrected chi connectivity index (χ1v) is 25.0. The fourth-order valence-corrected chi connectivity index (χ4v) is 9.64. The molecule has 0 saturated heterocycles. The minimum absolute atomic E-state index is 0.0833. The summed E-state index contributed by atoms with van der Waals surface area (Å²) in [5.41, 5.74) is 17.0. The maximum atomic E-state index is 6.77. The molecule has 9 aromatic carbocycles. The van der Waals surface area contributed by atoms with Gasteiger partial charge in [-0.25, -0.2) is 4.99 Å². The molecule has 0 radical (unpaired) electrons. The second-order valence-electron chi connectivity index (χ2n) is 18.5. The van der Waals surface area contributed by atoms with Crippen LogP contribution in [0.25, 0.3) is 77.5 Å². The van der Waals surface area contributed by atoms with Gasteiger partial charge in [0.15, 0.2) is 11.2 Å². The van der Waals surface area contributed by atoms with Crippen LogP contribution in [-0.4, -0.2) is 11.5 Å². The molecule has 2 aromatic heterocycles. The lowest BCUT2D eigenvalue weighted by Crippen LogP contribution is -2.31. The number of aliphatic imine (C=N–C) groups is 2. The molecule has 5 nitrogen and oxygen atoms in total. The van der Waals surface area contributed by atoms with Gasteiger partial charge in [-0.1, -0.05) is 203 Å². The van der Waals surface area contributed by atoms with Crippen molar-refractivity contribution in [3.63, 3.8) is 0 Å². The molecule has 1 aliphatic heterocycles. The van der Waals surface area contributed by atoms with Crippen molar-refractivity contribution in [3.05, 3.63) is 264 Å². The highest BCUT2D eigenvalue weighted by Crippen LogP contribution is 2.41. The van der Waals surface area contributed by atoms with Crippen LogP contribution < -0.4 is 5.32 Å². The molecule has 0 fully saturated rings. The number of fused-ring (bicyclic) bond motifs is 7. The van der Waals surface area contributed by atoms with Gasteiger partial charge >= 0.3 is 0 Å². The molecule has 12 rings (SSSR count). The number of hydrogen-bond acceptors (Lipinski definition) is 5. The Labute approximate surface area is 421 Å². The molecule has 1 N–H and O–H groups in total. The molecule has 0 amide bonds. The second-order valence-corrected chi connectivity index (χ2v) is 18.5. The van der Waals surface area contributed by atoms with E-state index in [1.165, 1.54) is 12.0 Å². The zero-order valence-electron chi connectivity index (χ0n) is 41.0. The number of nitrogens with one attached hydrogen (secondary N) is 1. The van der Waals surface area contributed by atoms with Crippen LogP contribution in [-0.2, 0) is 0 Å². The van der Waals surface area contributed by atoms with Gasteiger partial charge < -0.3 is 14.2 Å². The van der Waals surface area contributed by atoms with Gasteiger partial charge in [-0.15, -0.1) is 0 Å². The first kappa shape index (κ1) is 45.6. The molecule has 0 saturated carbocycles. The van der Waals surface area contributed by atoms with E-state index in [0.29, 0.717) is 0 Å². The van der Waals surface area contributed by atoms with E-state index < -0.39 is 0 Å². The van der Waals surface area contributed by atoms with E-state index >= 15 is 0 Å². The van der Waals surface area contributed by atoms with Crippen molar-refractivity contribution >= 4 is 66.8 Å². The molecule has 3 heterocycles. The van der Waals surface area contributed by atoms with E-state index in [1.807, 2.05) is 30.3 Å². The smallest absolute Gasteiger partial charge is 0.178 e. The molecule has 0 bridgehead atoms. The highest BCUT2D eigenvalue weighted by Gasteiger charge is 2.22. The third-order valence-electron chi connectivity index (χ3n) is 13.3. The molecule has 0 spiro atoms. The van der Waals surface area contributed by atoms with Crippen LogP contribution >= 0.6 is 0 Å². The van der Waals surface area contributed by atoms with E-state index in [2.05, 4.69) is 233 Å². The number of allylic oxidation sites excluding steroid dienone is 1. The second kappa shape index (κ2) is 20.3. The highest BCUT2D eigenvalue weighted by molar-refractivity contribution is 6.19. The Kier molecular flexibility index (Phi) is 12.8. The van der Waals surface area contributed by atoms with E-state index in [4.69, 9.17) is 18.8 Å². The lowest BCUT2D eigenvalue weighted by molar-refractivity contribution is 0.633. The minimum atomic E-state index is -0.0833. The average molecular weight is 934 g/mol. The van der Waals surface area contributed by atoms with Gasteiger partial charge in [0.2, 0.25) is 0 Å². The normalized spacial score (nSPS) is 14.4. The lowest BCUT2D eigenvalue weighted by atomic mass is 9.96. The number of amidine groups is 1. The van der Waals surface area contributed by atoms with Gasteiger partial charge in [0.25, 0.3) is 0 Å². The maximum absolute atomic E-state index is 6.77. The molecular weight excluding hydrogens is 879 g/mol. The summed E-state index contributed by atoms with van der Waals surface area (Å²) < 4.78 is 13.5. The Morgan fingerprint density at radius 1 is 0.528 bits per heavy atom. The van der Waals surface area contributed by atoms with Crippen molar-refractivity contribution in [1.82, 2.24) is 5.32 Å². The molecule has 1 aliphatic rings. The standard InChI is InChI=1S/C64H47N3O2.C3H8/c1-41(43-17-7-3-8-18-43)35-57(65-42(2)44-19-9-4-10-20-44)51-27-15-25-47(36-51)49-29-31-53-55-33-34-56-54-32-30-50(39-61(54)69-63(56)62(55)68-60(53)38-49)48-26-16-28-52(37-48)59-40-58(45-21-11-5-12-22-45)66-64(67-59)46-23-13-6-14-24-46;1-3-2/h3-41,59H,1-2H3,(H,66,67);3H2,1-2H3/b57-35-,65-42?;. The molecule has 5 heteroatoms. The van der Waals surface area contributed by atoms with E-state index in [1.54, 1.807) is 0 Å². The number of hydrogen-bond donors (Lipinski definition) is 1. The van der Waals surface area contributed by atoms with Crippen LogP contribution in [0.15, 0.2) is 249 Å². The Morgan fingerprint density at radius 3 is 1.62 bits per heavy atom. The quantitative estimate of drug-likeness (QED) is 0.139. The summed E-state index contributed by atoms with van der Waals surface area (Å²) in [6.07, 6.45) is 5.74. The van der Waals surface area contributed by atoms with Crippen LogP contribution in [0, 0.1) is 0 Å². The predicted octanol–water partition coefficient (Wildman–Crippen LogP) is 18.0. The molecule has 72 heavy (non-hydrogen) atoms. The fourth-order valence-electron chi connectivity index (χ4n) is 9.64. The largest absolute Gasteiger partial charge is 0.452 e. The van der Waals surface area contributed by atoms with E-state index in [9.17, 15) is 0 Å². The summed E-state index contributed by atoms with van der Waals surface area (Å²) in [6.45, 7) is 8.56. The van der Waals surface area contributed by atoms with E-state index in [0.717, 1.165) is 117 Å². The minimum Gasteiger partial charge on any atom is -0.452 e. The first-order valence-electron chi connectivity index (χ1n) is 25.0. The predicted molar refractivity (Wildman–Crippen MR) is 303 cm³/mol. The third kappa shape index (κ3) is 9.33. The number of rotatable bonds is 10. The monoisotopic (exact) mass is 933 g/mol. The van der Waals surface area contributed by atoms with Crippen LogP contribution in [0.1, 0.15) is 79.5 Å². The fraction of sp³-hybridized carbons (Fsp3) is 0.104. The van der Waals surface area contributed by atoms with Gasteiger partial charge in [0.05, 0.1) is 17.4 Å². The summed E-state index contributed by atoms with van der Waals surface area (Å²) in [7, 11) is 0. The molecular formula is C67H55N3O2. The molecule has 11 aromatic rings. The zero-order valence-corrected chi connectivity index (χ0v) is 41.0. The highest BCUT2D eigenvalue weighted by atomic mass is 16.4. The molecule has 350 valence electrons. The summed E-state index contributed by atoms with van der Waals surface area (Å²) in [5, 5.41) is 7.87. The average Bonchev–Trinajstić information content (AvgIpc) is 4.02. The molecule has 2 unspecified atom stereocenters. The number of benzene rings is 9.